The molecule has 4 heteroatoms. The molecule has 0 amide bonds. The predicted octanol–water partition coefficient (Wildman–Crippen LogP) is 7.78. The van der Waals surface area contributed by atoms with Gasteiger partial charge in [-0.25, -0.2) is 4.98 Å². The normalized spacial score (nSPS) is 12.0. The molecule has 29 heavy (non-hydrogen) atoms. The number of rotatable bonds is 6. The van der Waals surface area contributed by atoms with Crippen molar-refractivity contribution in [2.45, 2.75) is 13.8 Å². The number of nitrogens with zero attached hydrogens (tertiary/aromatic N) is 2. The van der Waals surface area contributed by atoms with Gasteiger partial charge in [0.1, 0.15) is 5.01 Å². The Hall–Kier alpha value is -2.43. The Balaban J connectivity index is 1.52. The van der Waals surface area contributed by atoms with Crippen LogP contribution in [0, 0.1) is 0 Å². The van der Waals surface area contributed by atoms with Crippen molar-refractivity contribution >= 4 is 66.1 Å². The molecule has 0 aliphatic carbocycles. The van der Waals surface area contributed by atoms with Crippen LogP contribution in [0.25, 0.3) is 33.1 Å². The molecule has 3 aromatic carbocycles. The number of hydrogen-bond acceptors (Lipinski definition) is 3. The highest BCUT2D eigenvalue weighted by molar-refractivity contribution is 9.10. The number of halogens is 1. The van der Waals surface area contributed by atoms with E-state index >= 15 is 0 Å². The van der Waals surface area contributed by atoms with E-state index in [9.17, 15) is 0 Å². The highest BCUT2D eigenvalue weighted by Crippen LogP contribution is 2.34. The lowest BCUT2D eigenvalue weighted by Crippen LogP contribution is -2.21. The topological polar surface area (TPSA) is 16.1 Å². The SMILES string of the molecule is CCN(CC)c1ccc(C=CC=Cc2nc3c(cc(Br)c4ccccc43)s2)cc1. The third-order valence-corrected chi connectivity index (χ3v) is 6.65. The van der Waals surface area contributed by atoms with Gasteiger partial charge in [-0.05, 0) is 49.1 Å². The van der Waals surface area contributed by atoms with Gasteiger partial charge in [0.05, 0.1) is 10.2 Å². The lowest BCUT2D eigenvalue weighted by Gasteiger charge is -2.20. The highest BCUT2D eigenvalue weighted by Gasteiger charge is 2.08. The Bertz CT molecular complexity index is 1180. The second-order valence-corrected chi connectivity index (χ2v) is 8.70. The average molecular weight is 463 g/mol. The summed E-state index contributed by atoms with van der Waals surface area (Å²) in [5.74, 6) is 0. The van der Waals surface area contributed by atoms with E-state index in [-0.39, 0.29) is 0 Å². The summed E-state index contributed by atoms with van der Waals surface area (Å²) >= 11 is 5.40. The summed E-state index contributed by atoms with van der Waals surface area (Å²) in [7, 11) is 0. The van der Waals surface area contributed by atoms with Crippen molar-refractivity contribution in [3.63, 3.8) is 0 Å². The summed E-state index contributed by atoms with van der Waals surface area (Å²) in [6.07, 6.45) is 8.34. The molecular weight excluding hydrogens is 440 g/mol. The Kier molecular flexibility index (Phi) is 6.12. The molecule has 0 aliphatic rings. The van der Waals surface area contributed by atoms with Crippen LogP contribution in [0.15, 0.2) is 71.2 Å². The van der Waals surface area contributed by atoms with Gasteiger partial charge in [-0.1, -0.05) is 70.6 Å². The minimum Gasteiger partial charge on any atom is -0.372 e. The number of hydrogen-bond donors (Lipinski definition) is 0. The predicted molar refractivity (Wildman–Crippen MR) is 133 cm³/mol. The van der Waals surface area contributed by atoms with Gasteiger partial charge in [-0.15, -0.1) is 11.3 Å². The third-order valence-electron chi connectivity index (χ3n) is 5.03. The molecule has 0 fully saturated rings. The van der Waals surface area contributed by atoms with E-state index in [2.05, 4.69) is 114 Å². The quantitative estimate of drug-likeness (QED) is 0.271. The largest absolute Gasteiger partial charge is 0.372 e. The summed E-state index contributed by atoms with van der Waals surface area (Å²) in [5.41, 5.74) is 3.55. The van der Waals surface area contributed by atoms with E-state index in [1.54, 1.807) is 11.3 Å². The van der Waals surface area contributed by atoms with Gasteiger partial charge in [0, 0.05) is 28.6 Å². The number of aromatic nitrogens is 1. The van der Waals surface area contributed by atoms with E-state index in [1.807, 2.05) is 0 Å². The van der Waals surface area contributed by atoms with Crippen molar-refractivity contribution in [2.75, 3.05) is 18.0 Å². The number of benzene rings is 3. The summed E-state index contributed by atoms with van der Waals surface area (Å²) < 4.78 is 2.32. The van der Waals surface area contributed by atoms with Gasteiger partial charge in [-0.3, -0.25) is 0 Å². The molecule has 146 valence electrons. The number of allylic oxidation sites excluding steroid dienone is 2. The molecule has 0 unspecified atom stereocenters. The minimum atomic E-state index is 1.02. The maximum absolute atomic E-state index is 4.85. The van der Waals surface area contributed by atoms with Gasteiger partial charge in [-0.2, -0.15) is 0 Å². The van der Waals surface area contributed by atoms with E-state index < -0.39 is 0 Å². The van der Waals surface area contributed by atoms with Crippen LogP contribution >= 0.6 is 27.3 Å². The lowest BCUT2D eigenvalue weighted by atomic mass is 10.1. The smallest absolute Gasteiger partial charge is 0.117 e. The highest BCUT2D eigenvalue weighted by atomic mass is 79.9. The van der Waals surface area contributed by atoms with Crippen LogP contribution in [0.4, 0.5) is 5.69 Å². The van der Waals surface area contributed by atoms with Gasteiger partial charge < -0.3 is 4.90 Å². The van der Waals surface area contributed by atoms with Crippen LogP contribution in [0.2, 0.25) is 0 Å². The van der Waals surface area contributed by atoms with E-state index in [1.165, 1.54) is 26.7 Å². The minimum absolute atomic E-state index is 1.02. The molecule has 0 spiro atoms. The van der Waals surface area contributed by atoms with Crippen molar-refractivity contribution in [1.82, 2.24) is 4.98 Å². The third kappa shape index (κ3) is 4.29. The first-order valence-corrected chi connectivity index (χ1v) is 11.5. The molecule has 0 atom stereocenters. The fraction of sp³-hybridized carbons (Fsp3) is 0.160. The van der Waals surface area contributed by atoms with Crippen molar-refractivity contribution in [3.8, 4) is 0 Å². The Morgan fingerprint density at radius 2 is 1.62 bits per heavy atom. The zero-order chi connectivity index (χ0) is 20.2. The molecule has 0 saturated heterocycles. The van der Waals surface area contributed by atoms with Gasteiger partial charge in [0.15, 0.2) is 0 Å². The maximum atomic E-state index is 4.85. The van der Waals surface area contributed by atoms with Crippen LogP contribution in [-0.4, -0.2) is 18.1 Å². The van der Waals surface area contributed by atoms with Crippen LogP contribution < -0.4 is 4.90 Å². The first kappa shape index (κ1) is 19.9. The molecule has 4 aromatic rings. The monoisotopic (exact) mass is 462 g/mol. The Morgan fingerprint density at radius 3 is 2.34 bits per heavy atom. The van der Waals surface area contributed by atoms with Crippen LogP contribution in [0.3, 0.4) is 0 Å². The Morgan fingerprint density at radius 1 is 0.931 bits per heavy atom. The van der Waals surface area contributed by atoms with E-state index in [0.29, 0.717) is 0 Å². The fourth-order valence-electron chi connectivity index (χ4n) is 3.49. The van der Waals surface area contributed by atoms with Gasteiger partial charge >= 0.3 is 0 Å². The van der Waals surface area contributed by atoms with Gasteiger partial charge in [0.2, 0.25) is 0 Å². The standard InChI is InChI=1S/C25H23BrN2S/c1-3-28(4-2)19-15-13-18(14-16-19)9-5-8-12-24-27-25-21-11-7-6-10-20(21)22(26)17-23(25)29-24/h5-17H,3-4H2,1-2H3. The number of anilines is 1. The second kappa shape index (κ2) is 8.93. The average Bonchev–Trinajstić information content (AvgIpc) is 3.16. The van der Waals surface area contributed by atoms with Crippen LogP contribution in [-0.2, 0) is 0 Å². The zero-order valence-electron chi connectivity index (χ0n) is 16.6. The first-order valence-electron chi connectivity index (χ1n) is 9.87. The first-order chi connectivity index (χ1) is 14.2. The van der Waals surface area contributed by atoms with Gasteiger partial charge in [0.25, 0.3) is 0 Å². The summed E-state index contributed by atoms with van der Waals surface area (Å²) in [4.78, 5) is 7.20. The fourth-order valence-corrected chi connectivity index (χ4v) is 5.16. The molecule has 0 aliphatic heterocycles. The summed E-state index contributed by atoms with van der Waals surface area (Å²) in [6.45, 7) is 6.43. The molecule has 4 rings (SSSR count). The summed E-state index contributed by atoms with van der Waals surface area (Å²) in [6, 6.07) is 19.3. The second-order valence-electron chi connectivity index (χ2n) is 6.78. The van der Waals surface area contributed by atoms with Crippen molar-refractivity contribution in [2.24, 2.45) is 0 Å². The molecular formula is C25H23BrN2S. The molecule has 0 saturated carbocycles. The van der Waals surface area contributed by atoms with Crippen molar-refractivity contribution in [3.05, 3.63) is 81.8 Å². The van der Waals surface area contributed by atoms with Crippen LogP contribution in [0.1, 0.15) is 24.4 Å². The molecule has 0 N–H and O–H groups in total. The molecule has 2 nitrogen and oxygen atoms in total. The molecule has 1 heterocycles. The van der Waals surface area contributed by atoms with Crippen molar-refractivity contribution in [1.29, 1.82) is 0 Å². The van der Waals surface area contributed by atoms with Crippen LogP contribution in [0.5, 0.6) is 0 Å². The lowest BCUT2D eigenvalue weighted by molar-refractivity contribution is 0.866. The zero-order valence-corrected chi connectivity index (χ0v) is 19.0. The summed E-state index contributed by atoms with van der Waals surface area (Å²) in [5, 5.41) is 3.41. The maximum Gasteiger partial charge on any atom is 0.117 e. The Labute approximate surface area is 184 Å². The molecule has 0 radical (unpaired) electrons. The van der Waals surface area contributed by atoms with E-state index in [0.717, 1.165) is 28.1 Å². The molecule has 1 aromatic heterocycles. The molecule has 0 bridgehead atoms. The van der Waals surface area contributed by atoms with E-state index in [4.69, 9.17) is 4.98 Å². The number of thiazole rings is 1. The van der Waals surface area contributed by atoms with Crippen molar-refractivity contribution < 1.29 is 0 Å². The number of fused-ring (bicyclic) bond motifs is 3.